The van der Waals surface area contributed by atoms with Crippen LogP contribution in [0.2, 0.25) is 0 Å². The van der Waals surface area contributed by atoms with Gasteiger partial charge in [-0.05, 0) is 31.1 Å². The third-order valence-corrected chi connectivity index (χ3v) is 3.52. The highest BCUT2D eigenvalue weighted by atomic mass is 16.6. The van der Waals surface area contributed by atoms with Gasteiger partial charge in [0.25, 0.3) is 0 Å². The van der Waals surface area contributed by atoms with Gasteiger partial charge in [0, 0.05) is 0 Å². The second-order valence-corrected chi connectivity index (χ2v) is 4.58. The normalized spacial score (nSPS) is 43.0. The van der Waals surface area contributed by atoms with E-state index in [0.717, 1.165) is 12.8 Å². The van der Waals surface area contributed by atoms with E-state index < -0.39 is 11.6 Å². The van der Waals surface area contributed by atoms with Gasteiger partial charge in [0.15, 0.2) is 5.60 Å². The number of rotatable bonds is 2. The van der Waals surface area contributed by atoms with Crippen molar-refractivity contribution in [3.05, 3.63) is 0 Å². The van der Waals surface area contributed by atoms with Crippen molar-refractivity contribution in [1.82, 2.24) is 0 Å². The number of aliphatic carboxylic acids is 1. The van der Waals surface area contributed by atoms with Crippen LogP contribution in [0.4, 0.5) is 0 Å². The van der Waals surface area contributed by atoms with Crippen LogP contribution in [0.25, 0.3) is 0 Å². The molecule has 0 bridgehead atoms. The predicted molar refractivity (Wildman–Crippen MR) is 47.4 cm³/mol. The van der Waals surface area contributed by atoms with Gasteiger partial charge in [0.1, 0.15) is 0 Å². The molecule has 2 rings (SSSR count). The van der Waals surface area contributed by atoms with E-state index in [2.05, 4.69) is 13.8 Å². The summed E-state index contributed by atoms with van der Waals surface area (Å²) in [4.78, 5) is 10.9. The van der Waals surface area contributed by atoms with E-state index in [4.69, 9.17) is 9.84 Å². The molecule has 1 saturated heterocycles. The molecule has 1 heterocycles. The van der Waals surface area contributed by atoms with Crippen LogP contribution in [0.15, 0.2) is 0 Å². The van der Waals surface area contributed by atoms with Gasteiger partial charge < -0.3 is 9.84 Å². The third kappa shape index (κ3) is 1.26. The molecule has 13 heavy (non-hydrogen) atoms. The molecule has 1 N–H and O–H groups in total. The second kappa shape index (κ2) is 2.71. The molecule has 1 aliphatic carbocycles. The minimum atomic E-state index is -0.772. The van der Waals surface area contributed by atoms with Crippen LogP contribution < -0.4 is 0 Å². The predicted octanol–water partition coefficient (Wildman–Crippen LogP) is 1.66. The Morgan fingerprint density at radius 2 is 2.31 bits per heavy atom. The van der Waals surface area contributed by atoms with E-state index in [0.29, 0.717) is 18.3 Å². The van der Waals surface area contributed by atoms with Crippen LogP contribution in [0, 0.1) is 11.8 Å². The zero-order chi connectivity index (χ0) is 9.64. The van der Waals surface area contributed by atoms with Gasteiger partial charge in [0.05, 0.1) is 6.10 Å². The smallest absolute Gasteiger partial charge is 0.338 e. The Bertz CT molecular complexity index is 236. The number of hydrogen-bond donors (Lipinski definition) is 1. The van der Waals surface area contributed by atoms with Crippen LogP contribution in [0.3, 0.4) is 0 Å². The van der Waals surface area contributed by atoms with Gasteiger partial charge >= 0.3 is 5.97 Å². The van der Waals surface area contributed by atoms with Crippen molar-refractivity contribution in [1.29, 1.82) is 0 Å². The summed E-state index contributed by atoms with van der Waals surface area (Å²) in [6.07, 6.45) is 2.64. The molecule has 0 radical (unpaired) electrons. The molecule has 1 saturated carbocycles. The molecule has 1 unspecified atom stereocenters. The Morgan fingerprint density at radius 3 is 2.77 bits per heavy atom. The third-order valence-electron chi connectivity index (χ3n) is 3.52. The first-order chi connectivity index (χ1) is 6.06. The number of carbonyl (C=O) groups is 1. The van der Waals surface area contributed by atoms with Gasteiger partial charge in [-0.2, -0.15) is 0 Å². The summed E-state index contributed by atoms with van der Waals surface area (Å²) in [5.41, 5.74) is -0.772. The van der Waals surface area contributed by atoms with Crippen molar-refractivity contribution < 1.29 is 14.6 Å². The maximum Gasteiger partial charge on any atom is 0.338 e. The molecule has 1 aliphatic heterocycles. The van der Waals surface area contributed by atoms with E-state index in [1.165, 1.54) is 0 Å². The molecular weight excluding hydrogens is 168 g/mol. The average Bonchev–Trinajstić information content (AvgIpc) is 2.77. The lowest BCUT2D eigenvalue weighted by Crippen LogP contribution is -2.33. The molecule has 74 valence electrons. The topological polar surface area (TPSA) is 49.8 Å². The fraction of sp³-hybridized carbons (Fsp3) is 0.900. The number of ether oxygens (including phenoxy) is 1. The molecule has 0 aromatic heterocycles. The second-order valence-electron chi connectivity index (χ2n) is 4.58. The summed E-state index contributed by atoms with van der Waals surface area (Å²) in [6.45, 7) is 4.39. The van der Waals surface area contributed by atoms with E-state index in [9.17, 15) is 4.79 Å². The summed E-state index contributed by atoms with van der Waals surface area (Å²) >= 11 is 0. The lowest BCUT2D eigenvalue weighted by molar-refractivity contribution is -0.143. The highest BCUT2D eigenvalue weighted by Gasteiger charge is 2.64. The van der Waals surface area contributed by atoms with Crippen LogP contribution in [-0.4, -0.2) is 22.8 Å². The molecule has 3 nitrogen and oxygen atoms in total. The van der Waals surface area contributed by atoms with Crippen molar-refractivity contribution in [2.45, 2.75) is 44.8 Å². The molecule has 0 aromatic rings. The van der Waals surface area contributed by atoms with Crippen LogP contribution in [-0.2, 0) is 9.53 Å². The largest absolute Gasteiger partial charge is 0.479 e. The van der Waals surface area contributed by atoms with Crippen molar-refractivity contribution in [3.8, 4) is 0 Å². The van der Waals surface area contributed by atoms with E-state index in [1.807, 2.05) is 0 Å². The van der Waals surface area contributed by atoms with Crippen LogP contribution >= 0.6 is 0 Å². The van der Waals surface area contributed by atoms with Crippen molar-refractivity contribution >= 4 is 5.97 Å². The lowest BCUT2D eigenvalue weighted by Gasteiger charge is -2.25. The number of fused-ring (bicyclic) bond motifs is 1. The Labute approximate surface area is 78.1 Å². The number of hydrogen-bond acceptors (Lipinski definition) is 2. The van der Waals surface area contributed by atoms with Crippen molar-refractivity contribution in [3.63, 3.8) is 0 Å². The zero-order valence-electron chi connectivity index (χ0n) is 8.12. The fourth-order valence-corrected chi connectivity index (χ4v) is 2.37. The van der Waals surface area contributed by atoms with Gasteiger partial charge in [-0.25, -0.2) is 4.79 Å². The molecule has 2 aliphatic rings. The minimum absolute atomic E-state index is 0.00569. The standard InChI is InChI=1S/C10H16O3/c1-6(2)7-3-4-10(9(11)12)8(5-7)13-10/h6-8H,3-5H2,1-2H3,(H,11,12)/t7-,8?,10-/m1/s1. The maximum atomic E-state index is 10.9. The van der Waals surface area contributed by atoms with Crippen molar-refractivity contribution in [2.75, 3.05) is 0 Å². The molecule has 0 aromatic carbocycles. The summed E-state index contributed by atoms with van der Waals surface area (Å²) in [5.74, 6) is 0.538. The molecule has 0 spiro atoms. The van der Waals surface area contributed by atoms with Gasteiger partial charge in [-0.15, -0.1) is 0 Å². The molecule has 3 atom stereocenters. The maximum absolute atomic E-state index is 10.9. The highest BCUT2D eigenvalue weighted by Crippen LogP contribution is 2.51. The van der Waals surface area contributed by atoms with Gasteiger partial charge in [0.2, 0.25) is 0 Å². The van der Waals surface area contributed by atoms with E-state index >= 15 is 0 Å². The Morgan fingerprint density at radius 1 is 1.62 bits per heavy atom. The Hall–Kier alpha value is -0.570. The average molecular weight is 184 g/mol. The first-order valence-electron chi connectivity index (χ1n) is 4.97. The molecule has 3 heteroatoms. The summed E-state index contributed by atoms with van der Waals surface area (Å²) < 4.78 is 5.31. The van der Waals surface area contributed by atoms with Gasteiger partial charge in [-0.3, -0.25) is 0 Å². The first kappa shape index (κ1) is 9.00. The van der Waals surface area contributed by atoms with Crippen molar-refractivity contribution in [2.24, 2.45) is 11.8 Å². The van der Waals surface area contributed by atoms with Crippen LogP contribution in [0.1, 0.15) is 33.1 Å². The fourth-order valence-electron chi connectivity index (χ4n) is 2.37. The van der Waals surface area contributed by atoms with Gasteiger partial charge in [-0.1, -0.05) is 13.8 Å². The van der Waals surface area contributed by atoms with E-state index in [-0.39, 0.29) is 6.10 Å². The number of carboxylic acid groups (broad SMARTS) is 1. The monoisotopic (exact) mass is 184 g/mol. The zero-order valence-corrected chi connectivity index (χ0v) is 8.12. The number of carboxylic acids is 1. The molecule has 0 amide bonds. The van der Waals surface area contributed by atoms with Crippen LogP contribution in [0.5, 0.6) is 0 Å². The summed E-state index contributed by atoms with van der Waals surface area (Å²) in [6, 6.07) is 0. The highest BCUT2D eigenvalue weighted by molar-refractivity contribution is 5.81. The molecular formula is C10H16O3. The summed E-state index contributed by atoms with van der Waals surface area (Å²) in [5, 5.41) is 8.94. The lowest BCUT2D eigenvalue weighted by atomic mass is 9.77. The summed E-state index contributed by atoms with van der Waals surface area (Å²) in [7, 11) is 0. The number of epoxide rings is 1. The first-order valence-corrected chi connectivity index (χ1v) is 4.97. The Kier molecular flexibility index (Phi) is 1.88. The Balaban J connectivity index is 1.99. The minimum Gasteiger partial charge on any atom is -0.479 e. The SMILES string of the molecule is CC(C)[C@@H]1CC[C@@]2(C(=O)O)OC2C1. The quantitative estimate of drug-likeness (QED) is 0.664. The van der Waals surface area contributed by atoms with E-state index in [1.54, 1.807) is 0 Å². The molecule has 2 fully saturated rings.